The number of aromatic nitrogens is 1. The summed E-state index contributed by atoms with van der Waals surface area (Å²) in [5, 5.41) is 0. The summed E-state index contributed by atoms with van der Waals surface area (Å²) in [6.07, 6.45) is 4.00. The smallest absolute Gasteiger partial charge is 0.130 e. The van der Waals surface area contributed by atoms with Gasteiger partial charge in [0.05, 0.1) is 0 Å². The average Bonchev–Trinajstić information content (AvgIpc) is 2.05. The minimum Gasteiger partial charge on any atom is -0.264 e. The van der Waals surface area contributed by atoms with Crippen LogP contribution in [0.4, 0.5) is 4.39 Å². The van der Waals surface area contributed by atoms with Crippen molar-refractivity contribution in [3.8, 4) is 0 Å². The molecular formula is C10H14FN. The minimum atomic E-state index is -0.156. The van der Waals surface area contributed by atoms with Crippen molar-refractivity contribution in [3.63, 3.8) is 0 Å². The molecule has 12 heavy (non-hydrogen) atoms. The van der Waals surface area contributed by atoms with Gasteiger partial charge in [-0.1, -0.05) is 20.8 Å². The van der Waals surface area contributed by atoms with E-state index < -0.39 is 0 Å². The first-order valence-corrected chi connectivity index (χ1v) is 4.18. The first kappa shape index (κ1) is 9.17. The molecule has 0 atom stereocenters. The Morgan fingerprint density at radius 3 is 2.67 bits per heavy atom. The van der Waals surface area contributed by atoms with E-state index in [2.05, 4.69) is 4.98 Å². The molecule has 1 aromatic rings. The zero-order valence-electron chi connectivity index (χ0n) is 7.76. The molecule has 0 radical (unpaired) electrons. The van der Waals surface area contributed by atoms with Gasteiger partial charge in [-0.3, -0.25) is 4.98 Å². The van der Waals surface area contributed by atoms with E-state index in [0.717, 1.165) is 6.42 Å². The van der Waals surface area contributed by atoms with E-state index >= 15 is 0 Å². The number of halogens is 1. The molecule has 2 heteroatoms. The molecule has 66 valence electrons. The zero-order chi connectivity index (χ0) is 9.19. The van der Waals surface area contributed by atoms with Gasteiger partial charge < -0.3 is 0 Å². The van der Waals surface area contributed by atoms with Gasteiger partial charge in [-0.05, 0) is 17.9 Å². The normalized spacial score (nSPS) is 11.7. The molecule has 0 fully saturated rings. The quantitative estimate of drug-likeness (QED) is 0.660. The number of nitrogens with zero attached hydrogens (tertiary/aromatic N) is 1. The Hall–Kier alpha value is -0.920. The van der Waals surface area contributed by atoms with Gasteiger partial charge in [-0.15, -0.1) is 0 Å². The van der Waals surface area contributed by atoms with Crippen LogP contribution in [0, 0.1) is 5.82 Å². The van der Waals surface area contributed by atoms with Crippen LogP contribution in [-0.2, 0) is 5.41 Å². The second-order valence-electron chi connectivity index (χ2n) is 3.59. The van der Waals surface area contributed by atoms with E-state index in [9.17, 15) is 4.39 Å². The van der Waals surface area contributed by atoms with Crippen LogP contribution in [0.2, 0.25) is 0 Å². The lowest BCUT2D eigenvalue weighted by Crippen LogP contribution is -2.17. The van der Waals surface area contributed by atoms with Crippen molar-refractivity contribution >= 4 is 0 Å². The van der Waals surface area contributed by atoms with E-state index in [1.807, 2.05) is 20.8 Å². The maximum atomic E-state index is 13.2. The standard InChI is InChI=1S/C10H14FN/c1-4-10(2,3)8-7-12-6-5-9(8)11/h5-7H,4H2,1-3H3. The molecule has 0 N–H and O–H groups in total. The second kappa shape index (κ2) is 3.21. The first-order chi connectivity index (χ1) is 5.58. The Morgan fingerprint density at radius 2 is 2.17 bits per heavy atom. The molecule has 1 aromatic heterocycles. The van der Waals surface area contributed by atoms with Crippen molar-refractivity contribution in [2.45, 2.75) is 32.6 Å². The molecule has 0 unspecified atom stereocenters. The Labute approximate surface area is 72.6 Å². The third-order valence-corrected chi connectivity index (χ3v) is 2.38. The fourth-order valence-corrected chi connectivity index (χ4v) is 1.07. The van der Waals surface area contributed by atoms with E-state index in [0.29, 0.717) is 5.56 Å². The van der Waals surface area contributed by atoms with E-state index in [4.69, 9.17) is 0 Å². The summed E-state index contributed by atoms with van der Waals surface area (Å²) in [7, 11) is 0. The van der Waals surface area contributed by atoms with Crippen LogP contribution < -0.4 is 0 Å². The Kier molecular flexibility index (Phi) is 2.46. The van der Waals surface area contributed by atoms with Gasteiger partial charge in [0.15, 0.2) is 0 Å². The van der Waals surface area contributed by atoms with Crippen LogP contribution in [0.5, 0.6) is 0 Å². The summed E-state index contributed by atoms with van der Waals surface area (Å²) in [6, 6.07) is 1.41. The molecular weight excluding hydrogens is 153 g/mol. The van der Waals surface area contributed by atoms with Crippen molar-refractivity contribution < 1.29 is 4.39 Å². The van der Waals surface area contributed by atoms with E-state index in [-0.39, 0.29) is 11.2 Å². The maximum absolute atomic E-state index is 13.2. The van der Waals surface area contributed by atoms with Crippen LogP contribution in [-0.4, -0.2) is 4.98 Å². The Morgan fingerprint density at radius 1 is 1.50 bits per heavy atom. The average molecular weight is 167 g/mol. The van der Waals surface area contributed by atoms with E-state index in [1.54, 1.807) is 6.20 Å². The lowest BCUT2D eigenvalue weighted by molar-refractivity contribution is 0.466. The van der Waals surface area contributed by atoms with Crippen molar-refractivity contribution in [2.75, 3.05) is 0 Å². The minimum absolute atomic E-state index is 0.113. The van der Waals surface area contributed by atoms with Gasteiger partial charge >= 0.3 is 0 Å². The van der Waals surface area contributed by atoms with Gasteiger partial charge in [0.2, 0.25) is 0 Å². The molecule has 0 saturated heterocycles. The summed E-state index contributed by atoms with van der Waals surface area (Å²) in [4.78, 5) is 3.92. The highest BCUT2D eigenvalue weighted by atomic mass is 19.1. The van der Waals surface area contributed by atoms with Gasteiger partial charge in [0.1, 0.15) is 5.82 Å². The molecule has 0 saturated carbocycles. The van der Waals surface area contributed by atoms with Crippen LogP contribution in [0.3, 0.4) is 0 Å². The van der Waals surface area contributed by atoms with Gasteiger partial charge in [0.25, 0.3) is 0 Å². The van der Waals surface area contributed by atoms with Crippen LogP contribution in [0.15, 0.2) is 18.5 Å². The van der Waals surface area contributed by atoms with Gasteiger partial charge in [-0.25, -0.2) is 4.39 Å². The topological polar surface area (TPSA) is 12.9 Å². The molecule has 1 rings (SSSR count). The molecule has 0 aliphatic heterocycles. The predicted octanol–water partition coefficient (Wildman–Crippen LogP) is 2.91. The summed E-state index contributed by atoms with van der Waals surface area (Å²) in [5.74, 6) is -0.156. The fourth-order valence-electron chi connectivity index (χ4n) is 1.07. The molecule has 1 heterocycles. The van der Waals surface area contributed by atoms with E-state index in [1.165, 1.54) is 12.3 Å². The Balaban J connectivity index is 3.10. The molecule has 0 amide bonds. The third kappa shape index (κ3) is 1.63. The van der Waals surface area contributed by atoms with Crippen molar-refractivity contribution in [1.29, 1.82) is 0 Å². The van der Waals surface area contributed by atoms with Crippen molar-refractivity contribution in [2.24, 2.45) is 0 Å². The summed E-state index contributed by atoms with van der Waals surface area (Å²) in [6.45, 7) is 6.09. The first-order valence-electron chi connectivity index (χ1n) is 4.18. The maximum Gasteiger partial charge on any atom is 0.130 e. The molecule has 0 aromatic carbocycles. The predicted molar refractivity (Wildman–Crippen MR) is 47.5 cm³/mol. The largest absolute Gasteiger partial charge is 0.264 e. The SMILES string of the molecule is CCC(C)(C)c1cnccc1F. The number of hydrogen-bond donors (Lipinski definition) is 0. The second-order valence-corrected chi connectivity index (χ2v) is 3.59. The summed E-state index contributed by atoms with van der Waals surface area (Å²) in [5.41, 5.74) is 0.589. The van der Waals surface area contributed by atoms with Crippen molar-refractivity contribution in [3.05, 3.63) is 29.8 Å². The fraction of sp³-hybridized carbons (Fsp3) is 0.500. The van der Waals surface area contributed by atoms with Crippen LogP contribution in [0.25, 0.3) is 0 Å². The third-order valence-electron chi connectivity index (χ3n) is 2.38. The summed E-state index contributed by atoms with van der Waals surface area (Å²) >= 11 is 0. The number of rotatable bonds is 2. The molecule has 1 nitrogen and oxygen atoms in total. The van der Waals surface area contributed by atoms with Gasteiger partial charge in [0, 0.05) is 18.0 Å². The lowest BCUT2D eigenvalue weighted by Gasteiger charge is -2.22. The van der Waals surface area contributed by atoms with Crippen LogP contribution in [0.1, 0.15) is 32.8 Å². The summed E-state index contributed by atoms with van der Waals surface area (Å²) < 4.78 is 13.2. The molecule has 0 spiro atoms. The zero-order valence-corrected chi connectivity index (χ0v) is 7.76. The number of hydrogen-bond acceptors (Lipinski definition) is 1. The number of pyridine rings is 1. The van der Waals surface area contributed by atoms with Gasteiger partial charge in [-0.2, -0.15) is 0 Å². The highest BCUT2D eigenvalue weighted by Crippen LogP contribution is 2.27. The molecule has 0 aliphatic rings. The molecule has 0 bridgehead atoms. The monoisotopic (exact) mass is 167 g/mol. The van der Waals surface area contributed by atoms with Crippen molar-refractivity contribution in [1.82, 2.24) is 4.98 Å². The Bertz CT molecular complexity index is 268. The molecule has 0 aliphatic carbocycles. The van der Waals surface area contributed by atoms with Crippen LogP contribution >= 0.6 is 0 Å². The lowest BCUT2D eigenvalue weighted by atomic mass is 9.83. The highest BCUT2D eigenvalue weighted by molar-refractivity contribution is 5.21. The highest BCUT2D eigenvalue weighted by Gasteiger charge is 2.21.